The van der Waals surface area contributed by atoms with Crippen LogP contribution in [-0.4, -0.2) is 168 Å². The van der Waals surface area contributed by atoms with E-state index in [4.69, 9.17) is 24.1 Å². The van der Waals surface area contributed by atoms with Gasteiger partial charge in [-0.1, -0.05) is 0 Å². The van der Waals surface area contributed by atoms with Crippen molar-refractivity contribution in [2.75, 3.05) is 19.8 Å². The van der Waals surface area contributed by atoms with Crippen LogP contribution in [0.15, 0.2) is 0 Å². The van der Waals surface area contributed by atoms with E-state index < -0.39 is 106 Å². The Hall–Kier alpha value is -0.930. The minimum absolute atomic E-state index is 0.0620. The summed E-state index contributed by atoms with van der Waals surface area (Å²) in [6.07, 6.45) is -25.7. The highest BCUT2D eigenvalue weighted by molar-refractivity contribution is 5.56. The van der Waals surface area contributed by atoms with Crippen molar-refractivity contribution < 1.29 is 79.9 Å². The van der Waals surface area contributed by atoms with Crippen molar-refractivity contribution in [2.24, 2.45) is 0 Å². The number of hydrogen-bond acceptors (Lipinski definition) is 16. The van der Waals surface area contributed by atoms with Crippen LogP contribution in [-0.2, 0) is 23.7 Å². The SMILES string of the molecule is O=C[C@H](O)[C@@H](O[C@@H]1O[C@H](CO)[C@@H](O)[C@H](OC2O[C@H](CO)[C@@H](O)[C@H](O)[C@H]2O)[C@H]1O)[C@H](O)[C@H](O)CO. The smallest absolute Gasteiger partial charge is 0.187 e. The van der Waals surface area contributed by atoms with Crippen LogP contribution in [0.5, 0.6) is 0 Å². The molecule has 0 spiro atoms. The Morgan fingerprint density at radius 2 is 1.32 bits per heavy atom. The fourth-order valence-corrected chi connectivity index (χ4v) is 3.58. The maximum Gasteiger partial charge on any atom is 0.187 e. The molecule has 0 aromatic rings. The van der Waals surface area contributed by atoms with E-state index >= 15 is 0 Å². The number of carbonyl (C=O) groups is 1. The largest absolute Gasteiger partial charge is 0.394 e. The molecule has 2 fully saturated rings. The Kier molecular flexibility index (Phi) is 11.1. The number of carbonyl (C=O) groups excluding carboxylic acids is 1. The van der Waals surface area contributed by atoms with Crippen molar-refractivity contribution in [2.45, 2.75) is 85.8 Å². The molecular formula is C18H32O16. The third-order valence-corrected chi connectivity index (χ3v) is 5.65. The Balaban J connectivity index is 2.25. The van der Waals surface area contributed by atoms with Gasteiger partial charge in [-0.15, -0.1) is 0 Å². The Labute approximate surface area is 192 Å². The second-order valence-electron chi connectivity index (χ2n) is 7.97. The van der Waals surface area contributed by atoms with E-state index in [-0.39, 0.29) is 6.29 Å². The molecule has 0 radical (unpaired) electrons. The molecule has 0 aliphatic carbocycles. The average molecular weight is 504 g/mol. The second-order valence-corrected chi connectivity index (χ2v) is 7.97. The summed E-state index contributed by atoms with van der Waals surface area (Å²) in [4.78, 5) is 11.0. The van der Waals surface area contributed by atoms with E-state index in [1.807, 2.05) is 0 Å². The summed E-state index contributed by atoms with van der Waals surface area (Å²) in [7, 11) is 0. The molecular weight excluding hydrogens is 472 g/mol. The lowest BCUT2D eigenvalue weighted by Gasteiger charge is -2.46. The molecule has 2 rings (SSSR count). The fourth-order valence-electron chi connectivity index (χ4n) is 3.58. The molecule has 0 bridgehead atoms. The zero-order valence-electron chi connectivity index (χ0n) is 17.7. The summed E-state index contributed by atoms with van der Waals surface area (Å²) in [6, 6.07) is 0. The lowest BCUT2D eigenvalue weighted by atomic mass is 9.96. The summed E-state index contributed by atoms with van der Waals surface area (Å²) < 4.78 is 21.0. The average Bonchev–Trinajstić information content (AvgIpc) is 2.84. The molecule has 0 aromatic carbocycles. The molecule has 1 unspecified atom stereocenters. The van der Waals surface area contributed by atoms with Crippen molar-refractivity contribution in [3.8, 4) is 0 Å². The summed E-state index contributed by atoms with van der Waals surface area (Å²) in [5.41, 5.74) is 0. The van der Waals surface area contributed by atoms with E-state index in [2.05, 4.69) is 0 Å². The zero-order chi connectivity index (χ0) is 25.7. The van der Waals surface area contributed by atoms with Crippen molar-refractivity contribution >= 4 is 6.29 Å². The van der Waals surface area contributed by atoms with Gasteiger partial charge in [0.05, 0.1) is 19.8 Å². The first-order valence-electron chi connectivity index (χ1n) is 10.4. The van der Waals surface area contributed by atoms with Crippen LogP contribution in [0.3, 0.4) is 0 Å². The second kappa shape index (κ2) is 12.9. The Bertz CT molecular complexity index is 623. The van der Waals surface area contributed by atoms with Crippen LogP contribution in [0.1, 0.15) is 0 Å². The minimum atomic E-state index is -2.07. The number of rotatable bonds is 11. The van der Waals surface area contributed by atoms with E-state index in [0.717, 1.165) is 0 Å². The van der Waals surface area contributed by atoms with Gasteiger partial charge in [0.1, 0.15) is 73.2 Å². The highest BCUT2D eigenvalue weighted by atomic mass is 16.7. The first-order chi connectivity index (χ1) is 16.0. The monoisotopic (exact) mass is 504 g/mol. The maximum absolute atomic E-state index is 11.0. The highest BCUT2D eigenvalue weighted by Crippen LogP contribution is 2.30. The third kappa shape index (κ3) is 6.25. The van der Waals surface area contributed by atoms with E-state index in [0.29, 0.717) is 0 Å². The zero-order valence-corrected chi connectivity index (χ0v) is 17.7. The molecule has 2 saturated heterocycles. The van der Waals surface area contributed by atoms with Gasteiger partial charge in [-0.2, -0.15) is 0 Å². The highest BCUT2D eigenvalue weighted by Gasteiger charge is 2.52. The molecule has 2 aliphatic rings. The summed E-state index contributed by atoms with van der Waals surface area (Å²) in [6.45, 7) is -2.64. The summed E-state index contributed by atoms with van der Waals surface area (Å²) >= 11 is 0. The number of aldehydes is 1. The van der Waals surface area contributed by atoms with Crippen molar-refractivity contribution in [1.29, 1.82) is 0 Å². The number of ether oxygens (including phenoxy) is 4. The molecule has 14 atom stereocenters. The van der Waals surface area contributed by atoms with E-state index in [1.165, 1.54) is 0 Å². The van der Waals surface area contributed by atoms with Crippen LogP contribution < -0.4 is 0 Å². The molecule has 200 valence electrons. The van der Waals surface area contributed by atoms with Crippen LogP contribution in [0.4, 0.5) is 0 Å². The number of aliphatic hydroxyl groups is 11. The molecule has 0 saturated carbocycles. The number of aliphatic hydroxyl groups excluding tert-OH is 11. The molecule has 34 heavy (non-hydrogen) atoms. The Morgan fingerprint density at radius 3 is 1.85 bits per heavy atom. The standard InChI is InChI=1S/C18H32O16/c19-1-5(23)9(25)15(6(24)2-20)33-18-14(30)16(11(27)8(4-22)32-18)34-17-13(29)12(28)10(26)7(3-21)31-17/h2,5-19,21-30H,1,3-4H2/t5-,6+,7-,8-,9-,10-,11-,12+,13-,14-,15-,16+,17?,18+/m1/s1. The number of hydrogen-bond donors (Lipinski definition) is 11. The van der Waals surface area contributed by atoms with E-state index in [1.54, 1.807) is 0 Å². The molecule has 0 amide bonds. The lowest BCUT2D eigenvalue weighted by Crippen LogP contribution is -2.65. The van der Waals surface area contributed by atoms with Gasteiger partial charge in [-0.05, 0) is 0 Å². The van der Waals surface area contributed by atoms with E-state index in [9.17, 15) is 55.9 Å². The Morgan fingerprint density at radius 1 is 0.765 bits per heavy atom. The van der Waals surface area contributed by atoms with Gasteiger partial charge in [-0.25, -0.2) is 0 Å². The van der Waals surface area contributed by atoms with Crippen molar-refractivity contribution in [1.82, 2.24) is 0 Å². The third-order valence-electron chi connectivity index (χ3n) is 5.65. The summed E-state index contributed by atoms with van der Waals surface area (Å²) in [5.74, 6) is 0. The maximum atomic E-state index is 11.0. The van der Waals surface area contributed by atoms with Crippen LogP contribution >= 0.6 is 0 Å². The van der Waals surface area contributed by atoms with Gasteiger partial charge in [0.25, 0.3) is 0 Å². The van der Waals surface area contributed by atoms with Crippen molar-refractivity contribution in [3.05, 3.63) is 0 Å². The first kappa shape index (κ1) is 29.3. The van der Waals surface area contributed by atoms with Gasteiger partial charge in [0.2, 0.25) is 0 Å². The molecule has 0 aromatic heterocycles. The van der Waals surface area contributed by atoms with Crippen LogP contribution in [0.2, 0.25) is 0 Å². The predicted molar refractivity (Wildman–Crippen MR) is 102 cm³/mol. The lowest BCUT2D eigenvalue weighted by molar-refractivity contribution is -0.368. The van der Waals surface area contributed by atoms with Gasteiger partial charge < -0.3 is 79.9 Å². The van der Waals surface area contributed by atoms with Gasteiger partial charge >= 0.3 is 0 Å². The van der Waals surface area contributed by atoms with Gasteiger partial charge in [-0.3, -0.25) is 0 Å². The molecule has 16 nitrogen and oxygen atoms in total. The molecule has 16 heteroatoms. The molecule has 2 aliphatic heterocycles. The molecule has 2 heterocycles. The van der Waals surface area contributed by atoms with Crippen LogP contribution in [0, 0.1) is 0 Å². The fraction of sp³-hybridized carbons (Fsp3) is 0.944. The minimum Gasteiger partial charge on any atom is -0.394 e. The topological polar surface area (TPSA) is 277 Å². The molecule has 11 N–H and O–H groups in total. The van der Waals surface area contributed by atoms with Gasteiger partial charge in [0, 0.05) is 0 Å². The summed E-state index contributed by atoms with van der Waals surface area (Å²) in [5, 5.41) is 108. The van der Waals surface area contributed by atoms with Gasteiger partial charge in [0.15, 0.2) is 18.9 Å². The normalized spacial score (nSPS) is 42.6. The quantitative estimate of drug-likeness (QED) is 0.117. The predicted octanol–water partition coefficient (Wildman–Crippen LogP) is -7.73. The first-order valence-corrected chi connectivity index (χ1v) is 10.4. The van der Waals surface area contributed by atoms with Crippen molar-refractivity contribution in [3.63, 3.8) is 0 Å². The van der Waals surface area contributed by atoms with Crippen LogP contribution in [0.25, 0.3) is 0 Å².